The minimum Gasteiger partial charge on any atom is -0.495 e. The van der Waals surface area contributed by atoms with Crippen LogP contribution in [-0.4, -0.2) is 36.2 Å². The summed E-state index contributed by atoms with van der Waals surface area (Å²) < 4.78 is 54.1. The maximum absolute atomic E-state index is 13.1. The van der Waals surface area contributed by atoms with Crippen molar-refractivity contribution in [2.75, 3.05) is 11.8 Å². The molecule has 0 saturated carbocycles. The van der Waals surface area contributed by atoms with E-state index < -0.39 is 15.8 Å². The van der Waals surface area contributed by atoms with Gasteiger partial charge in [-0.1, -0.05) is 18.2 Å². The molecule has 0 radical (unpaired) electrons. The van der Waals surface area contributed by atoms with Crippen molar-refractivity contribution in [2.45, 2.75) is 24.8 Å². The average Bonchev–Trinajstić information content (AvgIpc) is 2.93. The number of aromatic nitrogens is 3. The summed E-state index contributed by atoms with van der Waals surface area (Å²) in [4.78, 5) is 20.3. The molecule has 0 atom stereocenters. The molecule has 0 spiro atoms. The SMILES string of the molecule is COc1cc(-c2cccc(OC(C)C)c2)ccc1-n1c(=O)ccc2cc(S(=O)(=O)Nc3ncc(F)cn3)ccc21. The Hall–Kier alpha value is -4.77. The summed E-state index contributed by atoms with van der Waals surface area (Å²) in [6.45, 7) is 3.92. The molecule has 0 aliphatic heterocycles. The van der Waals surface area contributed by atoms with Crippen molar-refractivity contribution in [3.8, 4) is 28.3 Å². The molecule has 11 heteroatoms. The van der Waals surface area contributed by atoms with Crippen molar-refractivity contribution in [2.24, 2.45) is 0 Å². The van der Waals surface area contributed by atoms with Gasteiger partial charge in [0, 0.05) is 11.5 Å². The Labute approximate surface area is 229 Å². The molecule has 0 aliphatic rings. The van der Waals surface area contributed by atoms with Gasteiger partial charge in [0.15, 0.2) is 5.82 Å². The Kier molecular flexibility index (Phi) is 7.22. The molecular weight excluding hydrogens is 535 g/mol. The molecule has 204 valence electrons. The van der Waals surface area contributed by atoms with Gasteiger partial charge in [-0.2, -0.15) is 0 Å². The number of rotatable bonds is 8. The maximum Gasteiger partial charge on any atom is 0.264 e. The van der Waals surface area contributed by atoms with E-state index in [-0.39, 0.29) is 22.5 Å². The van der Waals surface area contributed by atoms with Crippen LogP contribution in [0.25, 0.3) is 27.7 Å². The number of halogens is 1. The molecule has 0 saturated heterocycles. The number of ether oxygens (including phenoxy) is 2. The zero-order chi connectivity index (χ0) is 28.4. The standard InChI is InChI=1S/C29H25FN4O5S/c1-18(2)39-23-6-4-5-19(13-23)20-7-10-26(27(15-20)38-3)34-25-11-9-24(14-21(25)8-12-28(34)35)40(36,37)33-29-31-16-22(30)17-32-29/h4-18H,1-3H3,(H,31,32,33). The molecule has 2 heterocycles. The van der Waals surface area contributed by atoms with Crippen LogP contribution in [0.3, 0.4) is 0 Å². The van der Waals surface area contributed by atoms with Crippen molar-refractivity contribution in [3.63, 3.8) is 0 Å². The molecule has 0 fully saturated rings. The lowest BCUT2D eigenvalue weighted by molar-refractivity contribution is 0.242. The van der Waals surface area contributed by atoms with E-state index in [1.165, 1.54) is 35.9 Å². The fourth-order valence-corrected chi connectivity index (χ4v) is 5.24. The summed E-state index contributed by atoms with van der Waals surface area (Å²) in [7, 11) is -2.57. The minimum absolute atomic E-state index is 0.0351. The largest absolute Gasteiger partial charge is 0.495 e. The second-order valence-corrected chi connectivity index (χ2v) is 10.8. The second kappa shape index (κ2) is 10.8. The lowest BCUT2D eigenvalue weighted by atomic mass is 10.0. The Morgan fingerprint density at radius 2 is 1.68 bits per heavy atom. The first-order chi connectivity index (χ1) is 19.1. The number of nitrogens with one attached hydrogen (secondary N) is 1. The van der Waals surface area contributed by atoms with Gasteiger partial charge >= 0.3 is 0 Å². The van der Waals surface area contributed by atoms with Gasteiger partial charge in [0.05, 0.1) is 41.7 Å². The van der Waals surface area contributed by atoms with Crippen LogP contribution in [0.4, 0.5) is 10.3 Å². The first-order valence-electron chi connectivity index (χ1n) is 12.3. The van der Waals surface area contributed by atoms with Crippen LogP contribution in [0, 0.1) is 5.82 Å². The summed E-state index contributed by atoms with van der Waals surface area (Å²) >= 11 is 0. The highest BCUT2D eigenvalue weighted by Crippen LogP contribution is 2.32. The minimum atomic E-state index is -4.09. The van der Waals surface area contributed by atoms with E-state index in [1.54, 1.807) is 12.1 Å². The molecule has 2 aromatic heterocycles. The van der Waals surface area contributed by atoms with Gasteiger partial charge in [0.25, 0.3) is 15.6 Å². The van der Waals surface area contributed by atoms with Crippen molar-refractivity contribution < 1.29 is 22.3 Å². The van der Waals surface area contributed by atoms with E-state index in [4.69, 9.17) is 9.47 Å². The third-order valence-corrected chi connectivity index (χ3v) is 7.31. The predicted octanol–water partition coefficient (Wildman–Crippen LogP) is 5.18. The molecule has 3 aromatic carbocycles. The summed E-state index contributed by atoms with van der Waals surface area (Å²) in [5.41, 5.74) is 2.43. The van der Waals surface area contributed by atoms with E-state index in [0.29, 0.717) is 22.3 Å². The zero-order valence-electron chi connectivity index (χ0n) is 21.8. The highest BCUT2D eigenvalue weighted by atomic mass is 32.2. The van der Waals surface area contributed by atoms with Gasteiger partial charge < -0.3 is 9.47 Å². The normalized spacial score (nSPS) is 11.5. The number of benzene rings is 3. The van der Waals surface area contributed by atoms with Crippen LogP contribution >= 0.6 is 0 Å². The maximum atomic E-state index is 13.1. The molecule has 0 aliphatic carbocycles. The first kappa shape index (κ1) is 26.8. The number of anilines is 1. The fraction of sp³-hybridized carbons (Fsp3) is 0.138. The fourth-order valence-electron chi connectivity index (χ4n) is 4.25. The first-order valence-corrected chi connectivity index (χ1v) is 13.7. The lowest BCUT2D eigenvalue weighted by Crippen LogP contribution is -2.19. The van der Waals surface area contributed by atoms with Gasteiger partial charge in [-0.15, -0.1) is 0 Å². The zero-order valence-corrected chi connectivity index (χ0v) is 22.6. The molecule has 0 unspecified atom stereocenters. The van der Waals surface area contributed by atoms with Gasteiger partial charge in [-0.05, 0) is 73.5 Å². The van der Waals surface area contributed by atoms with E-state index in [1.807, 2.05) is 50.2 Å². The van der Waals surface area contributed by atoms with Crippen molar-refractivity contribution >= 4 is 26.9 Å². The Morgan fingerprint density at radius 1 is 0.925 bits per heavy atom. The number of hydrogen-bond acceptors (Lipinski definition) is 7. The molecule has 0 amide bonds. The van der Waals surface area contributed by atoms with Crippen LogP contribution in [0.2, 0.25) is 0 Å². The molecule has 5 aromatic rings. The number of fused-ring (bicyclic) bond motifs is 1. The Bertz CT molecular complexity index is 1870. The van der Waals surface area contributed by atoms with Gasteiger partial charge in [0.2, 0.25) is 5.95 Å². The van der Waals surface area contributed by atoms with Crippen LogP contribution in [0.5, 0.6) is 11.5 Å². The van der Waals surface area contributed by atoms with Gasteiger partial charge in [-0.25, -0.2) is 27.5 Å². The molecular formula is C29H25FN4O5S. The molecule has 9 nitrogen and oxygen atoms in total. The topological polar surface area (TPSA) is 112 Å². The third-order valence-electron chi connectivity index (χ3n) is 5.98. The molecule has 40 heavy (non-hydrogen) atoms. The van der Waals surface area contributed by atoms with Crippen LogP contribution in [0.1, 0.15) is 13.8 Å². The quantitative estimate of drug-likeness (QED) is 0.278. The summed E-state index contributed by atoms with van der Waals surface area (Å²) in [6.07, 6.45) is 1.75. The second-order valence-electron chi connectivity index (χ2n) is 9.14. The summed E-state index contributed by atoms with van der Waals surface area (Å²) in [6, 6.07) is 20.4. The van der Waals surface area contributed by atoms with Crippen LogP contribution in [-0.2, 0) is 10.0 Å². The number of nitrogens with zero attached hydrogens (tertiary/aromatic N) is 3. The summed E-state index contributed by atoms with van der Waals surface area (Å²) in [5.74, 6) is 0.238. The van der Waals surface area contributed by atoms with Crippen molar-refractivity contribution in [3.05, 3.63) is 101 Å². The van der Waals surface area contributed by atoms with E-state index >= 15 is 0 Å². The van der Waals surface area contributed by atoms with Crippen molar-refractivity contribution in [1.29, 1.82) is 0 Å². The Morgan fingerprint density at radius 3 is 2.40 bits per heavy atom. The predicted molar refractivity (Wildman–Crippen MR) is 150 cm³/mol. The van der Waals surface area contributed by atoms with Gasteiger partial charge in [-0.3, -0.25) is 9.36 Å². The lowest BCUT2D eigenvalue weighted by Gasteiger charge is -2.16. The average molecular weight is 561 g/mol. The van der Waals surface area contributed by atoms with E-state index in [2.05, 4.69) is 14.7 Å². The van der Waals surface area contributed by atoms with Crippen molar-refractivity contribution in [1.82, 2.24) is 14.5 Å². The Balaban J connectivity index is 1.54. The summed E-state index contributed by atoms with van der Waals surface area (Å²) in [5, 5.41) is 0.493. The molecule has 1 N–H and O–H groups in total. The monoisotopic (exact) mass is 560 g/mol. The highest BCUT2D eigenvalue weighted by Gasteiger charge is 2.19. The number of hydrogen-bond donors (Lipinski definition) is 1. The highest BCUT2D eigenvalue weighted by molar-refractivity contribution is 7.92. The van der Waals surface area contributed by atoms with Crippen LogP contribution < -0.4 is 19.8 Å². The molecule has 5 rings (SSSR count). The third kappa shape index (κ3) is 5.50. The number of methoxy groups -OCH3 is 1. The van der Waals surface area contributed by atoms with Gasteiger partial charge in [0.1, 0.15) is 11.5 Å². The smallest absolute Gasteiger partial charge is 0.264 e. The van der Waals surface area contributed by atoms with E-state index in [9.17, 15) is 17.6 Å². The van der Waals surface area contributed by atoms with E-state index in [0.717, 1.165) is 29.3 Å². The number of pyridine rings is 1. The molecule has 0 bridgehead atoms. The van der Waals surface area contributed by atoms with Crippen LogP contribution in [0.15, 0.2) is 94.9 Å². The number of sulfonamides is 1.